The largest absolute Gasteiger partial charge is 0.344 e. The van der Waals surface area contributed by atoms with Gasteiger partial charge in [0.2, 0.25) is 0 Å². The van der Waals surface area contributed by atoms with Gasteiger partial charge in [0.1, 0.15) is 0 Å². The third-order valence-electron chi connectivity index (χ3n) is 6.78. The van der Waals surface area contributed by atoms with Crippen LogP contribution >= 0.6 is 0 Å². The zero-order chi connectivity index (χ0) is 19.8. The van der Waals surface area contributed by atoms with Crippen LogP contribution in [-0.4, -0.2) is 46.0 Å². The minimum absolute atomic E-state index is 0.210. The maximum Gasteiger partial charge on any atom is 0.253 e. The van der Waals surface area contributed by atoms with Crippen LogP contribution in [0.15, 0.2) is 18.2 Å². The summed E-state index contributed by atoms with van der Waals surface area (Å²) < 4.78 is 2.51. The molecule has 1 amide bonds. The van der Waals surface area contributed by atoms with E-state index in [9.17, 15) is 4.79 Å². The second kappa shape index (κ2) is 7.90. The highest BCUT2D eigenvalue weighted by Gasteiger charge is 2.27. The van der Waals surface area contributed by atoms with Crippen LogP contribution in [-0.2, 0) is 19.5 Å². The monoisotopic (exact) mass is 381 g/mol. The van der Waals surface area contributed by atoms with Crippen molar-refractivity contribution in [2.24, 2.45) is 5.92 Å². The van der Waals surface area contributed by atoms with Gasteiger partial charge in [-0.25, -0.2) is 0 Å². The van der Waals surface area contributed by atoms with Crippen LogP contribution in [0.1, 0.15) is 68.6 Å². The number of hydrogen-bond acceptors (Lipinski definition) is 2. The van der Waals surface area contributed by atoms with Crippen molar-refractivity contribution in [3.05, 3.63) is 35.0 Å². The Morgan fingerprint density at radius 3 is 2.61 bits per heavy atom. The minimum Gasteiger partial charge on any atom is -0.344 e. The number of rotatable bonds is 4. The number of aryl methyl sites for hydroxylation is 1. The molecule has 3 heterocycles. The lowest BCUT2D eigenvalue weighted by atomic mass is 9.98. The molecule has 1 fully saturated rings. The molecular formula is C24H35N3O. The molecule has 28 heavy (non-hydrogen) atoms. The van der Waals surface area contributed by atoms with Gasteiger partial charge >= 0.3 is 0 Å². The molecule has 2 aliphatic rings. The van der Waals surface area contributed by atoms with E-state index in [-0.39, 0.29) is 5.91 Å². The van der Waals surface area contributed by atoms with Crippen molar-refractivity contribution in [1.82, 2.24) is 14.4 Å². The number of carbonyl (C=O) groups excluding carboxylic acids is 1. The molecule has 152 valence electrons. The molecule has 0 bridgehead atoms. The number of aromatic nitrogens is 1. The molecule has 0 N–H and O–H groups in total. The van der Waals surface area contributed by atoms with Crippen molar-refractivity contribution < 1.29 is 4.79 Å². The van der Waals surface area contributed by atoms with Gasteiger partial charge in [-0.3, -0.25) is 9.69 Å². The Bertz CT molecular complexity index is 858. The van der Waals surface area contributed by atoms with E-state index < -0.39 is 0 Å². The Morgan fingerprint density at radius 1 is 1.18 bits per heavy atom. The minimum atomic E-state index is 0.210. The first kappa shape index (κ1) is 19.5. The van der Waals surface area contributed by atoms with Crippen LogP contribution in [0, 0.1) is 5.92 Å². The molecule has 0 spiro atoms. The number of nitrogens with zero attached hydrogens (tertiary/aromatic N) is 3. The Hall–Kier alpha value is -1.81. The molecule has 4 nitrogen and oxygen atoms in total. The zero-order valence-corrected chi connectivity index (χ0v) is 18.0. The van der Waals surface area contributed by atoms with E-state index in [1.54, 1.807) is 0 Å². The molecular weight excluding hydrogens is 346 g/mol. The first-order valence-electron chi connectivity index (χ1n) is 11.2. The highest BCUT2D eigenvalue weighted by atomic mass is 16.2. The summed E-state index contributed by atoms with van der Waals surface area (Å²) in [6, 6.07) is 6.99. The van der Waals surface area contributed by atoms with Crippen molar-refractivity contribution in [3.8, 4) is 0 Å². The molecule has 0 radical (unpaired) electrons. The van der Waals surface area contributed by atoms with Gasteiger partial charge in [-0.2, -0.15) is 0 Å². The molecule has 1 aromatic heterocycles. The molecule has 0 aliphatic carbocycles. The molecule has 0 atom stereocenters. The van der Waals surface area contributed by atoms with E-state index in [1.165, 1.54) is 22.2 Å². The van der Waals surface area contributed by atoms with Crippen LogP contribution in [0.2, 0.25) is 0 Å². The van der Waals surface area contributed by atoms with E-state index in [0.717, 1.165) is 69.9 Å². The summed E-state index contributed by atoms with van der Waals surface area (Å²) in [5, 5.41) is 1.30. The third-order valence-corrected chi connectivity index (χ3v) is 6.78. The summed E-state index contributed by atoms with van der Waals surface area (Å²) >= 11 is 0. The summed E-state index contributed by atoms with van der Waals surface area (Å²) in [4.78, 5) is 17.7. The second-order valence-electron chi connectivity index (χ2n) is 9.10. The highest BCUT2D eigenvalue weighted by molar-refractivity contribution is 5.99. The smallest absolute Gasteiger partial charge is 0.253 e. The molecule has 2 aliphatic heterocycles. The van der Waals surface area contributed by atoms with Crippen molar-refractivity contribution in [2.75, 3.05) is 19.6 Å². The van der Waals surface area contributed by atoms with Gasteiger partial charge in [-0.15, -0.1) is 0 Å². The Labute approximate surface area is 169 Å². The Kier molecular flexibility index (Phi) is 5.50. The van der Waals surface area contributed by atoms with Gasteiger partial charge in [0, 0.05) is 67.3 Å². The number of hydrogen-bond donors (Lipinski definition) is 0. The normalized spacial score (nSPS) is 18.8. The lowest BCUT2D eigenvalue weighted by Crippen LogP contribution is -2.37. The number of amides is 1. The van der Waals surface area contributed by atoms with Crippen molar-refractivity contribution >= 4 is 16.8 Å². The third kappa shape index (κ3) is 3.47. The molecule has 0 unspecified atom stereocenters. The van der Waals surface area contributed by atoms with E-state index in [0.29, 0.717) is 6.04 Å². The Balaban J connectivity index is 1.72. The summed E-state index contributed by atoms with van der Waals surface area (Å²) in [5.41, 5.74) is 5.11. The molecule has 1 aromatic carbocycles. The predicted octanol–water partition coefficient (Wildman–Crippen LogP) is 4.69. The van der Waals surface area contributed by atoms with Crippen LogP contribution in [0.25, 0.3) is 10.9 Å². The number of likely N-dealkylation sites (tertiary alicyclic amines) is 1. The zero-order valence-electron chi connectivity index (χ0n) is 18.0. The van der Waals surface area contributed by atoms with Gasteiger partial charge in [-0.05, 0) is 62.8 Å². The fraction of sp³-hybridized carbons (Fsp3) is 0.625. The van der Waals surface area contributed by atoms with Crippen LogP contribution in [0.5, 0.6) is 0 Å². The average Bonchev–Trinajstić information content (AvgIpc) is 3.01. The molecule has 0 saturated carbocycles. The summed E-state index contributed by atoms with van der Waals surface area (Å²) in [7, 11) is 0. The van der Waals surface area contributed by atoms with Gasteiger partial charge in [0.15, 0.2) is 0 Å². The maximum absolute atomic E-state index is 13.1. The van der Waals surface area contributed by atoms with Gasteiger partial charge in [0.05, 0.1) is 0 Å². The SMILES string of the molecule is CCCn1c2c(c3cc(C(=O)N4CCC(C)CC4)ccc31)CN(C(C)C)CC2. The quantitative estimate of drug-likeness (QED) is 0.769. The van der Waals surface area contributed by atoms with Crippen LogP contribution in [0.4, 0.5) is 0 Å². The lowest BCUT2D eigenvalue weighted by Gasteiger charge is -2.31. The summed E-state index contributed by atoms with van der Waals surface area (Å²) in [6.07, 6.45) is 4.49. The van der Waals surface area contributed by atoms with Gasteiger partial charge < -0.3 is 9.47 Å². The lowest BCUT2D eigenvalue weighted by molar-refractivity contribution is 0.0697. The molecule has 1 saturated heterocycles. The number of benzene rings is 1. The average molecular weight is 382 g/mol. The van der Waals surface area contributed by atoms with Crippen LogP contribution < -0.4 is 0 Å². The van der Waals surface area contributed by atoms with E-state index in [1.807, 2.05) is 0 Å². The number of carbonyl (C=O) groups is 1. The molecule has 4 rings (SSSR count). The van der Waals surface area contributed by atoms with Crippen LogP contribution in [0.3, 0.4) is 0 Å². The van der Waals surface area contributed by atoms with Crippen molar-refractivity contribution in [1.29, 1.82) is 0 Å². The predicted molar refractivity (Wildman–Crippen MR) is 116 cm³/mol. The summed E-state index contributed by atoms with van der Waals surface area (Å²) in [5.74, 6) is 0.950. The first-order valence-corrected chi connectivity index (χ1v) is 11.2. The van der Waals surface area contributed by atoms with E-state index >= 15 is 0 Å². The fourth-order valence-corrected chi connectivity index (χ4v) is 4.92. The maximum atomic E-state index is 13.1. The molecule has 2 aromatic rings. The van der Waals surface area contributed by atoms with Crippen molar-refractivity contribution in [3.63, 3.8) is 0 Å². The topological polar surface area (TPSA) is 28.5 Å². The number of fused-ring (bicyclic) bond motifs is 3. The van der Waals surface area contributed by atoms with E-state index in [2.05, 4.69) is 60.3 Å². The Morgan fingerprint density at radius 2 is 1.93 bits per heavy atom. The van der Waals surface area contributed by atoms with Gasteiger partial charge in [-0.1, -0.05) is 13.8 Å². The highest BCUT2D eigenvalue weighted by Crippen LogP contribution is 2.33. The molecule has 4 heteroatoms. The number of piperidine rings is 1. The fourth-order valence-electron chi connectivity index (χ4n) is 4.92. The first-order chi connectivity index (χ1) is 13.5. The van der Waals surface area contributed by atoms with Crippen molar-refractivity contribution in [2.45, 2.75) is 72.5 Å². The van der Waals surface area contributed by atoms with E-state index in [4.69, 9.17) is 0 Å². The standard InChI is InChI=1S/C24H35N3O/c1-5-11-27-22-7-6-19(24(28)25-12-8-18(4)9-13-25)15-20(22)21-16-26(17(2)3)14-10-23(21)27/h6-7,15,17-18H,5,8-14,16H2,1-4H3. The van der Waals surface area contributed by atoms with Gasteiger partial charge in [0.25, 0.3) is 5.91 Å². The summed E-state index contributed by atoms with van der Waals surface area (Å²) in [6.45, 7) is 14.1. The second-order valence-corrected chi connectivity index (χ2v) is 9.10.